The summed E-state index contributed by atoms with van der Waals surface area (Å²) in [5.74, 6) is -0.508. The molecule has 27 heavy (non-hydrogen) atoms. The Morgan fingerprint density at radius 3 is 2.93 bits per heavy atom. The minimum absolute atomic E-state index is 0.193. The van der Waals surface area contributed by atoms with Gasteiger partial charge in [-0.25, -0.2) is 14.3 Å². The lowest BCUT2D eigenvalue weighted by atomic mass is 9.91. The molecule has 0 radical (unpaired) electrons. The first-order chi connectivity index (χ1) is 12.8. The topological polar surface area (TPSA) is 108 Å². The third-order valence-corrected chi connectivity index (χ3v) is 5.03. The third kappa shape index (κ3) is 2.61. The number of nitrogens with two attached hydrogens (primary N) is 1. The number of anilines is 1. The van der Waals surface area contributed by atoms with Crippen LogP contribution in [0.5, 0.6) is 0 Å². The lowest BCUT2D eigenvalue weighted by Crippen LogP contribution is -2.40. The summed E-state index contributed by atoms with van der Waals surface area (Å²) in [6, 6.07) is 1.85. The molecule has 142 valence electrons. The first-order valence-electron chi connectivity index (χ1n) is 8.60. The monoisotopic (exact) mass is 371 g/mol. The molecule has 9 nitrogen and oxygen atoms in total. The lowest BCUT2D eigenvalue weighted by Gasteiger charge is -2.29. The summed E-state index contributed by atoms with van der Waals surface area (Å²) in [4.78, 5) is 7.31. The van der Waals surface area contributed by atoms with Gasteiger partial charge >= 0.3 is 0 Å². The fourth-order valence-electron chi connectivity index (χ4n) is 4.12. The molecule has 2 aliphatic heterocycles. The minimum Gasteiger partial charge on any atom is -0.394 e. The van der Waals surface area contributed by atoms with Crippen molar-refractivity contribution >= 4 is 17.4 Å². The maximum absolute atomic E-state index is 9.78. The van der Waals surface area contributed by atoms with E-state index in [1.165, 1.54) is 12.5 Å². The summed E-state index contributed by atoms with van der Waals surface area (Å²) in [6.07, 6.45) is 2.84. The molecule has 2 saturated heterocycles. The van der Waals surface area contributed by atoms with Gasteiger partial charge in [0.2, 0.25) is 0 Å². The van der Waals surface area contributed by atoms with Gasteiger partial charge in [0.25, 0.3) is 0 Å². The summed E-state index contributed by atoms with van der Waals surface area (Å²) in [5.41, 5.74) is 7.20. The number of hydrogen-bond acceptors (Lipinski definition) is 7. The highest BCUT2D eigenvalue weighted by Gasteiger charge is 2.64. The van der Waals surface area contributed by atoms with Crippen LogP contribution >= 0.6 is 0 Å². The van der Waals surface area contributed by atoms with Crippen molar-refractivity contribution in [1.82, 2.24) is 14.6 Å². The Morgan fingerprint density at radius 2 is 2.22 bits per heavy atom. The fraction of sp³-hybridized carbons (Fsp3) is 0.500. The molecule has 0 amide bonds. The van der Waals surface area contributed by atoms with Gasteiger partial charge in [0.1, 0.15) is 35.8 Å². The number of aliphatic hydroxyl groups is 1. The molecule has 4 rings (SSSR count). The zero-order valence-electron chi connectivity index (χ0n) is 15.3. The Kier molecular flexibility index (Phi) is 3.98. The highest BCUT2D eigenvalue weighted by molar-refractivity contribution is 5.80. The van der Waals surface area contributed by atoms with Gasteiger partial charge in [0.05, 0.1) is 18.9 Å². The molecule has 3 N–H and O–H groups in total. The zero-order valence-corrected chi connectivity index (χ0v) is 15.3. The fourth-order valence-corrected chi connectivity index (χ4v) is 4.12. The number of aromatic nitrogens is 3. The number of fused-ring (bicyclic) bond motifs is 2. The second kappa shape index (κ2) is 6.00. The molecule has 0 bridgehead atoms. The maximum atomic E-state index is 9.78. The summed E-state index contributed by atoms with van der Waals surface area (Å²) in [5, 5.41) is 14.1. The molecule has 9 heteroatoms. The van der Waals surface area contributed by atoms with E-state index in [0.29, 0.717) is 22.6 Å². The van der Waals surface area contributed by atoms with E-state index >= 15 is 0 Å². The van der Waals surface area contributed by atoms with Crippen molar-refractivity contribution in [1.29, 1.82) is 0 Å². The highest BCUT2D eigenvalue weighted by Crippen LogP contribution is 2.53. The number of nitrogen functional groups attached to an aromatic ring is 1. The molecule has 0 spiro atoms. The number of rotatable bonds is 3. The highest BCUT2D eigenvalue weighted by atomic mass is 16.8. The van der Waals surface area contributed by atoms with Crippen LogP contribution in [0.1, 0.15) is 38.1 Å². The molecule has 2 fully saturated rings. The molecular formula is C18H21N5O4. The van der Waals surface area contributed by atoms with Crippen LogP contribution < -0.4 is 5.73 Å². The normalized spacial score (nSPS) is 32.2. The standard InChI is InChI=1S/C18H21N5O4/c1-17(2)26-15-12(8-24)25-14(18(15,3)27-17)11-7-10(5-6-20-4)13-16(19)21-9-22-23(11)13/h5-7,9,12,14-15,24H,8H2,1-3H3,(H2,19,21,22)/b6-5+/t12-,14+,15-,18+/m1/s1. The average molecular weight is 371 g/mol. The lowest BCUT2D eigenvalue weighted by molar-refractivity contribution is -0.207. The second-order valence-corrected chi connectivity index (χ2v) is 7.34. The third-order valence-electron chi connectivity index (χ3n) is 5.03. The molecule has 2 aliphatic rings. The molecule has 0 aromatic carbocycles. The van der Waals surface area contributed by atoms with Crippen LogP contribution in [0.25, 0.3) is 16.4 Å². The van der Waals surface area contributed by atoms with Crippen molar-refractivity contribution in [2.45, 2.75) is 50.5 Å². The number of nitrogens with zero attached hydrogens (tertiary/aromatic N) is 4. The maximum Gasteiger partial charge on any atom is 0.164 e. The Bertz CT molecular complexity index is 963. The number of ether oxygens (including phenoxy) is 3. The van der Waals surface area contributed by atoms with Gasteiger partial charge in [-0.2, -0.15) is 5.10 Å². The SMILES string of the molecule is [C-]#[N+]/C=C/c1cc([C@@H]2O[C@H](CO)[C@H]3OC(C)(C)O[C@]32C)n2ncnc(N)c12. The van der Waals surface area contributed by atoms with Gasteiger partial charge in [0.15, 0.2) is 17.8 Å². The minimum atomic E-state index is -0.828. The van der Waals surface area contributed by atoms with Crippen molar-refractivity contribution in [3.05, 3.63) is 41.3 Å². The van der Waals surface area contributed by atoms with Crippen LogP contribution in [-0.2, 0) is 14.2 Å². The summed E-state index contributed by atoms with van der Waals surface area (Å²) < 4.78 is 20.0. The molecule has 4 heterocycles. The molecule has 2 aromatic rings. The predicted octanol–water partition coefficient (Wildman–Crippen LogP) is 1.54. The van der Waals surface area contributed by atoms with Crippen LogP contribution in [0, 0.1) is 6.57 Å². The molecule has 2 aromatic heterocycles. The largest absolute Gasteiger partial charge is 0.394 e. The van der Waals surface area contributed by atoms with E-state index in [9.17, 15) is 5.11 Å². The number of aliphatic hydroxyl groups excluding tert-OH is 1. The van der Waals surface area contributed by atoms with Gasteiger partial charge in [-0.3, -0.25) is 0 Å². The second-order valence-electron chi connectivity index (χ2n) is 7.34. The van der Waals surface area contributed by atoms with E-state index in [4.69, 9.17) is 26.5 Å². The van der Waals surface area contributed by atoms with Crippen LogP contribution in [-0.4, -0.2) is 49.9 Å². The van der Waals surface area contributed by atoms with Crippen LogP contribution in [0.2, 0.25) is 0 Å². The smallest absolute Gasteiger partial charge is 0.164 e. The van der Waals surface area contributed by atoms with Gasteiger partial charge in [-0.1, -0.05) is 6.08 Å². The molecule has 0 saturated carbocycles. The molecule has 0 aliphatic carbocycles. The van der Waals surface area contributed by atoms with Gasteiger partial charge in [0, 0.05) is 0 Å². The van der Waals surface area contributed by atoms with E-state index in [-0.39, 0.29) is 6.61 Å². The van der Waals surface area contributed by atoms with Gasteiger partial charge in [-0.15, -0.1) is 0 Å². The van der Waals surface area contributed by atoms with Crippen molar-refractivity contribution in [3.63, 3.8) is 0 Å². The van der Waals surface area contributed by atoms with E-state index in [2.05, 4.69) is 14.9 Å². The Balaban J connectivity index is 1.89. The molecule has 4 atom stereocenters. The zero-order chi connectivity index (χ0) is 19.4. The van der Waals surface area contributed by atoms with Gasteiger partial charge in [-0.05, 0) is 32.4 Å². The van der Waals surface area contributed by atoms with E-state index < -0.39 is 29.7 Å². The summed E-state index contributed by atoms with van der Waals surface area (Å²) >= 11 is 0. The molecule has 0 unspecified atom stereocenters. The Labute approximate surface area is 156 Å². The van der Waals surface area contributed by atoms with Crippen LogP contribution in [0.15, 0.2) is 18.6 Å². The Morgan fingerprint density at radius 1 is 1.44 bits per heavy atom. The van der Waals surface area contributed by atoms with Crippen LogP contribution in [0.4, 0.5) is 5.82 Å². The van der Waals surface area contributed by atoms with Crippen molar-refractivity contribution in [2.24, 2.45) is 0 Å². The predicted molar refractivity (Wildman–Crippen MR) is 96.2 cm³/mol. The van der Waals surface area contributed by atoms with E-state index in [1.807, 2.05) is 26.8 Å². The quantitative estimate of drug-likeness (QED) is 0.788. The first-order valence-corrected chi connectivity index (χ1v) is 8.60. The summed E-state index contributed by atoms with van der Waals surface area (Å²) in [6.45, 7) is 12.4. The Hall–Kier alpha value is -2.51. The van der Waals surface area contributed by atoms with E-state index in [0.717, 1.165) is 0 Å². The molecular weight excluding hydrogens is 350 g/mol. The first kappa shape index (κ1) is 17.9. The van der Waals surface area contributed by atoms with Crippen molar-refractivity contribution in [3.8, 4) is 0 Å². The van der Waals surface area contributed by atoms with Gasteiger partial charge < -0.3 is 25.1 Å². The average Bonchev–Trinajstić information content (AvgIpc) is 3.18. The van der Waals surface area contributed by atoms with Crippen molar-refractivity contribution in [2.75, 3.05) is 12.3 Å². The van der Waals surface area contributed by atoms with E-state index in [1.54, 1.807) is 10.6 Å². The summed E-state index contributed by atoms with van der Waals surface area (Å²) in [7, 11) is 0. The van der Waals surface area contributed by atoms with Crippen LogP contribution in [0.3, 0.4) is 0 Å². The number of hydrogen-bond donors (Lipinski definition) is 2. The van der Waals surface area contributed by atoms with Crippen molar-refractivity contribution < 1.29 is 19.3 Å².